The van der Waals surface area contributed by atoms with E-state index in [9.17, 15) is 18.0 Å². The van der Waals surface area contributed by atoms with Crippen LogP contribution < -0.4 is 9.62 Å². The first-order valence-corrected chi connectivity index (χ1v) is 15.5. The predicted molar refractivity (Wildman–Crippen MR) is 166 cm³/mol. The highest BCUT2D eigenvalue weighted by atomic mass is 35.5. The van der Waals surface area contributed by atoms with Crippen molar-refractivity contribution in [3.05, 3.63) is 92.4 Å². The maximum Gasteiger partial charge on any atom is 0.264 e. The molecule has 0 aliphatic heterocycles. The van der Waals surface area contributed by atoms with Crippen molar-refractivity contribution in [3.63, 3.8) is 0 Å². The first-order chi connectivity index (χ1) is 19.0. The molecule has 220 valence electrons. The number of carbonyl (C=O) groups is 2. The molecular weight excluding hydrogens is 605 g/mol. The minimum Gasteiger partial charge on any atom is -0.350 e. The number of aryl methyl sites for hydroxylation is 2. The Balaban J connectivity index is 2.09. The molecule has 0 fully saturated rings. The quantitative estimate of drug-likeness (QED) is 0.280. The number of rotatable bonds is 9. The van der Waals surface area contributed by atoms with Crippen molar-refractivity contribution in [3.8, 4) is 0 Å². The second-order valence-electron chi connectivity index (χ2n) is 10.9. The van der Waals surface area contributed by atoms with Crippen LogP contribution in [0.4, 0.5) is 5.69 Å². The number of nitrogens with zero attached hydrogens (tertiary/aromatic N) is 2. The van der Waals surface area contributed by atoms with Crippen LogP contribution in [0.5, 0.6) is 0 Å². The Morgan fingerprint density at radius 3 is 2.10 bits per heavy atom. The number of benzene rings is 3. The molecule has 0 aliphatic carbocycles. The van der Waals surface area contributed by atoms with Crippen LogP contribution in [0.1, 0.15) is 44.4 Å². The molecule has 7 nitrogen and oxygen atoms in total. The number of carbonyl (C=O) groups excluding carboxylic acids is 2. The molecule has 3 rings (SSSR count). The summed E-state index contributed by atoms with van der Waals surface area (Å²) < 4.78 is 28.9. The van der Waals surface area contributed by atoms with E-state index in [0.717, 1.165) is 15.4 Å². The van der Waals surface area contributed by atoms with Gasteiger partial charge in [0.15, 0.2) is 0 Å². The van der Waals surface area contributed by atoms with Gasteiger partial charge in [0.05, 0.1) is 10.6 Å². The van der Waals surface area contributed by atoms with Crippen LogP contribution in [0.3, 0.4) is 0 Å². The van der Waals surface area contributed by atoms with Crippen LogP contribution in [0.25, 0.3) is 0 Å². The third-order valence-electron chi connectivity index (χ3n) is 6.35. The molecule has 1 N–H and O–H groups in total. The number of nitrogens with one attached hydrogen (secondary N) is 1. The molecule has 11 heteroatoms. The lowest BCUT2D eigenvalue weighted by molar-refractivity contribution is -0.140. The normalized spacial score (nSPS) is 12.5. The second-order valence-corrected chi connectivity index (χ2v) is 14.0. The summed E-state index contributed by atoms with van der Waals surface area (Å²) in [6.07, 6.45) is 0. The largest absolute Gasteiger partial charge is 0.350 e. The fourth-order valence-electron chi connectivity index (χ4n) is 3.99. The monoisotopic (exact) mass is 637 g/mol. The van der Waals surface area contributed by atoms with E-state index in [1.165, 1.54) is 23.1 Å². The van der Waals surface area contributed by atoms with Gasteiger partial charge in [-0.2, -0.15) is 0 Å². The van der Waals surface area contributed by atoms with E-state index in [4.69, 9.17) is 34.8 Å². The Hall–Kier alpha value is -2.78. The molecule has 0 saturated carbocycles. The van der Waals surface area contributed by atoms with Gasteiger partial charge < -0.3 is 10.2 Å². The lowest BCUT2D eigenvalue weighted by Crippen LogP contribution is -2.54. The zero-order valence-corrected chi connectivity index (χ0v) is 26.9. The Morgan fingerprint density at radius 2 is 1.54 bits per heavy atom. The van der Waals surface area contributed by atoms with Crippen molar-refractivity contribution < 1.29 is 18.0 Å². The summed E-state index contributed by atoms with van der Waals surface area (Å²) in [7, 11) is -4.21. The summed E-state index contributed by atoms with van der Waals surface area (Å²) in [6, 6.07) is 15.0. The van der Waals surface area contributed by atoms with Gasteiger partial charge in [-0.05, 0) is 89.1 Å². The third kappa shape index (κ3) is 8.38. The maximum atomic E-state index is 14.0. The van der Waals surface area contributed by atoms with E-state index in [-0.39, 0.29) is 17.1 Å². The number of hydrogen-bond acceptors (Lipinski definition) is 4. The highest BCUT2D eigenvalue weighted by Crippen LogP contribution is 2.29. The molecule has 0 saturated heterocycles. The minimum atomic E-state index is -4.21. The molecule has 1 atom stereocenters. The zero-order chi connectivity index (χ0) is 30.7. The Labute approximate surface area is 257 Å². The first kappa shape index (κ1) is 32.7. The van der Waals surface area contributed by atoms with Crippen LogP contribution in [0, 0.1) is 13.8 Å². The third-order valence-corrected chi connectivity index (χ3v) is 9.13. The predicted octanol–water partition coefficient (Wildman–Crippen LogP) is 6.79. The average Bonchev–Trinajstić information content (AvgIpc) is 2.87. The van der Waals surface area contributed by atoms with Crippen molar-refractivity contribution in [2.24, 2.45) is 0 Å². The number of anilines is 1. The topological polar surface area (TPSA) is 86.8 Å². The van der Waals surface area contributed by atoms with Gasteiger partial charge in [-0.15, -0.1) is 0 Å². The summed E-state index contributed by atoms with van der Waals surface area (Å²) in [5, 5.41) is 3.97. The minimum absolute atomic E-state index is 0.0124. The highest BCUT2D eigenvalue weighted by Gasteiger charge is 2.33. The van der Waals surface area contributed by atoms with Crippen LogP contribution in [0.15, 0.2) is 65.6 Å². The van der Waals surface area contributed by atoms with Gasteiger partial charge in [0.1, 0.15) is 12.6 Å². The molecule has 0 heterocycles. The van der Waals surface area contributed by atoms with Gasteiger partial charge in [-0.25, -0.2) is 8.42 Å². The van der Waals surface area contributed by atoms with Gasteiger partial charge in [0, 0.05) is 27.2 Å². The number of halogens is 3. The summed E-state index contributed by atoms with van der Waals surface area (Å²) in [6.45, 7) is 10.1. The maximum absolute atomic E-state index is 14.0. The summed E-state index contributed by atoms with van der Waals surface area (Å²) in [5.41, 5.74) is 1.84. The van der Waals surface area contributed by atoms with Gasteiger partial charge >= 0.3 is 0 Å². The smallest absolute Gasteiger partial charge is 0.264 e. The van der Waals surface area contributed by atoms with E-state index in [1.807, 2.05) is 27.7 Å². The molecule has 0 unspecified atom stereocenters. The van der Waals surface area contributed by atoms with Crippen LogP contribution in [0.2, 0.25) is 15.1 Å². The number of sulfonamides is 1. The molecule has 0 radical (unpaired) electrons. The molecule has 3 aromatic rings. The molecule has 0 aliphatic rings. The summed E-state index contributed by atoms with van der Waals surface area (Å²) >= 11 is 18.9. The standard InChI is InChI=1S/C30H34Cl3N3O4S/c1-19-7-13-25(14-8-19)41(39,40)36(24-12-9-20(2)26(32)16-24)18-28(37)35(21(3)29(38)34-30(4,5)6)17-22-10-11-23(31)15-27(22)33/h7-16,21H,17-18H2,1-6H3,(H,34,38)/t21-/m1/s1. The molecular formula is C30H34Cl3N3O4S. The van der Waals surface area contributed by atoms with Crippen LogP contribution >= 0.6 is 34.8 Å². The first-order valence-electron chi connectivity index (χ1n) is 12.9. The van der Waals surface area contributed by atoms with Crippen molar-refractivity contribution in [1.82, 2.24) is 10.2 Å². The summed E-state index contributed by atoms with van der Waals surface area (Å²) in [5.74, 6) is -1.01. The SMILES string of the molecule is Cc1ccc(S(=O)(=O)N(CC(=O)N(Cc2ccc(Cl)cc2Cl)[C@H](C)C(=O)NC(C)(C)C)c2ccc(C)c(Cl)c2)cc1. The molecule has 3 aromatic carbocycles. The van der Waals surface area contributed by atoms with E-state index in [1.54, 1.807) is 56.3 Å². The van der Waals surface area contributed by atoms with Crippen LogP contribution in [-0.4, -0.2) is 43.3 Å². The van der Waals surface area contributed by atoms with Crippen molar-refractivity contribution in [2.45, 2.75) is 64.6 Å². The van der Waals surface area contributed by atoms with Gasteiger partial charge in [0.25, 0.3) is 10.0 Å². The Morgan fingerprint density at radius 1 is 0.902 bits per heavy atom. The van der Waals surface area contributed by atoms with Gasteiger partial charge in [-0.3, -0.25) is 13.9 Å². The van der Waals surface area contributed by atoms with Crippen molar-refractivity contribution in [2.75, 3.05) is 10.8 Å². The van der Waals surface area contributed by atoms with Gasteiger partial charge in [0.2, 0.25) is 11.8 Å². The lowest BCUT2D eigenvalue weighted by Gasteiger charge is -2.33. The summed E-state index contributed by atoms with van der Waals surface area (Å²) in [4.78, 5) is 28.6. The fraction of sp³-hybridized carbons (Fsp3) is 0.333. The average molecular weight is 639 g/mol. The van der Waals surface area contributed by atoms with Crippen LogP contribution in [-0.2, 0) is 26.2 Å². The molecule has 0 aromatic heterocycles. The second kappa shape index (κ2) is 13.0. The number of hydrogen-bond donors (Lipinski definition) is 1. The lowest BCUT2D eigenvalue weighted by atomic mass is 10.1. The molecule has 0 bridgehead atoms. The molecule has 0 spiro atoms. The van der Waals surface area contributed by atoms with Crippen molar-refractivity contribution >= 4 is 62.3 Å². The molecule has 2 amide bonds. The van der Waals surface area contributed by atoms with Crippen molar-refractivity contribution in [1.29, 1.82) is 0 Å². The fourth-order valence-corrected chi connectivity index (χ4v) is 6.04. The number of amides is 2. The highest BCUT2D eigenvalue weighted by molar-refractivity contribution is 7.92. The molecule has 41 heavy (non-hydrogen) atoms. The van der Waals surface area contributed by atoms with Gasteiger partial charge in [-0.1, -0.05) is 64.6 Å². The Kier molecular flexibility index (Phi) is 10.4. The van der Waals surface area contributed by atoms with E-state index in [2.05, 4.69) is 5.32 Å². The van der Waals surface area contributed by atoms with E-state index >= 15 is 0 Å². The zero-order valence-electron chi connectivity index (χ0n) is 23.8. The van der Waals surface area contributed by atoms with E-state index in [0.29, 0.717) is 20.6 Å². The van der Waals surface area contributed by atoms with E-state index < -0.39 is 40.0 Å². The Bertz CT molecular complexity index is 1540.